The maximum absolute atomic E-state index is 13.0. The normalized spacial score (nSPS) is 11.7. The van der Waals surface area contributed by atoms with Gasteiger partial charge in [-0.2, -0.15) is 5.10 Å². The Bertz CT molecular complexity index is 1220. The second-order valence-corrected chi connectivity index (χ2v) is 7.90. The van der Waals surface area contributed by atoms with Gasteiger partial charge in [0, 0.05) is 42.4 Å². The second-order valence-electron chi connectivity index (χ2n) is 7.90. The van der Waals surface area contributed by atoms with Crippen molar-refractivity contribution >= 4 is 27.8 Å². The number of carbonyl (C=O) groups excluding carboxylic acids is 1. The Morgan fingerprint density at radius 1 is 1.21 bits per heavy atom. The molecule has 0 aliphatic carbocycles. The van der Waals surface area contributed by atoms with Crippen molar-refractivity contribution in [1.29, 1.82) is 0 Å². The molecule has 0 aliphatic heterocycles. The monoisotopic (exact) mass is 389 g/mol. The maximum Gasteiger partial charge on any atom is 0.252 e. The Labute approximate surface area is 170 Å². The van der Waals surface area contributed by atoms with Crippen LogP contribution >= 0.6 is 0 Å². The molecule has 0 spiro atoms. The summed E-state index contributed by atoms with van der Waals surface area (Å²) < 4.78 is 4.02. The molecule has 29 heavy (non-hydrogen) atoms. The molecule has 0 saturated carbocycles. The first-order chi connectivity index (χ1) is 13.9. The quantitative estimate of drug-likeness (QED) is 0.559. The minimum Gasteiger partial charge on any atom is -0.352 e. The van der Waals surface area contributed by atoms with Crippen molar-refractivity contribution < 1.29 is 4.79 Å². The van der Waals surface area contributed by atoms with E-state index in [0.29, 0.717) is 18.2 Å². The number of aromatic nitrogens is 4. The molecule has 0 fully saturated rings. The molecule has 1 N–H and O–H groups in total. The van der Waals surface area contributed by atoms with E-state index >= 15 is 0 Å². The van der Waals surface area contributed by atoms with Crippen LogP contribution in [0.25, 0.3) is 21.9 Å². The third-order valence-corrected chi connectivity index (χ3v) is 5.40. The van der Waals surface area contributed by atoms with Gasteiger partial charge in [0.05, 0.1) is 16.6 Å². The molecular formula is C23H27N5O. The average Bonchev–Trinajstić information content (AvgIpc) is 3.19. The molecule has 0 aliphatic rings. The predicted octanol–water partition coefficient (Wildman–Crippen LogP) is 4.09. The van der Waals surface area contributed by atoms with Gasteiger partial charge < -0.3 is 9.88 Å². The molecule has 4 aromatic rings. The number of fused-ring (bicyclic) bond motifs is 2. The van der Waals surface area contributed by atoms with Gasteiger partial charge in [0.15, 0.2) is 5.65 Å². The highest BCUT2D eigenvalue weighted by atomic mass is 16.1. The smallest absolute Gasteiger partial charge is 0.252 e. The van der Waals surface area contributed by atoms with Crippen molar-refractivity contribution in [3.8, 4) is 0 Å². The lowest BCUT2D eigenvalue weighted by Crippen LogP contribution is -2.26. The van der Waals surface area contributed by atoms with Crippen molar-refractivity contribution in [2.24, 2.45) is 7.05 Å². The van der Waals surface area contributed by atoms with Gasteiger partial charge >= 0.3 is 0 Å². The fourth-order valence-electron chi connectivity index (χ4n) is 4.06. The highest BCUT2D eigenvalue weighted by molar-refractivity contribution is 6.06. The number of hydrogen-bond donors (Lipinski definition) is 1. The minimum absolute atomic E-state index is 0.0794. The number of carbonyl (C=O) groups is 1. The number of rotatable bonds is 5. The number of aryl methyl sites for hydroxylation is 3. The van der Waals surface area contributed by atoms with E-state index in [4.69, 9.17) is 0 Å². The third-order valence-electron chi connectivity index (χ3n) is 5.40. The summed E-state index contributed by atoms with van der Waals surface area (Å²) in [5.41, 5.74) is 5.51. The first kappa shape index (κ1) is 19.2. The molecule has 0 atom stereocenters. The summed E-state index contributed by atoms with van der Waals surface area (Å²) in [4.78, 5) is 17.5. The summed E-state index contributed by atoms with van der Waals surface area (Å²) in [5.74, 6) is -0.0794. The summed E-state index contributed by atoms with van der Waals surface area (Å²) in [5, 5.41) is 9.60. The molecule has 0 unspecified atom stereocenters. The number of hydrogen-bond acceptors (Lipinski definition) is 3. The van der Waals surface area contributed by atoms with Crippen LogP contribution in [0.1, 0.15) is 47.2 Å². The van der Waals surface area contributed by atoms with Crippen molar-refractivity contribution in [1.82, 2.24) is 24.6 Å². The summed E-state index contributed by atoms with van der Waals surface area (Å²) in [6, 6.07) is 10.7. The molecule has 3 heterocycles. The molecule has 1 aromatic carbocycles. The van der Waals surface area contributed by atoms with Gasteiger partial charge in [-0.1, -0.05) is 18.2 Å². The molecule has 6 heteroatoms. The van der Waals surface area contributed by atoms with Crippen LogP contribution in [0, 0.1) is 13.8 Å². The van der Waals surface area contributed by atoms with Gasteiger partial charge in [-0.15, -0.1) is 0 Å². The zero-order chi connectivity index (χ0) is 20.7. The van der Waals surface area contributed by atoms with Crippen LogP contribution in [0.2, 0.25) is 0 Å². The van der Waals surface area contributed by atoms with E-state index in [1.54, 1.807) is 4.68 Å². The van der Waals surface area contributed by atoms with Gasteiger partial charge in [-0.3, -0.25) is 9.48 Å². The standard InChI is InChI=1S/C23H27N5O/c1-14(2)28-13-17(18-8-6-7-9-20(18)28)10-11-24-23(29)19-12-15(3)25-22-21(19)16(4)26-27(22)5/h6-9,12-14H,10-11H2,1-5H3,(H,24,29). The SMILES string of the molecule is Cc1cc(C(=O)NCCc2cn(C(C)C)c3ccccc23)c2c(C)nn(C)c2n1. The lowest BCUT2D eigenvalue weighted by atomic mass is 10.1. The number of amides is 1. The van der Waals surface area contributed by atoms with Gasteiger partial charge in [0.1, 0.15) is 0 Å². The Balaban J connectivity index is 1.56. The molecule has 0 radical (unpaired) electrons. The van der Waals surface area contributed by atoms with E-state index in [0.717, 1.165) is 28.8 Å². The molecule has 3 aromatic heterocycles. The fourth-order valence-corrected chi connectivity index (χ4v) is 4.06. The third kappa shape index (κ3) is 3.39. The summed E-state index contributed by atoms with van der Waals surface area (Å²) >= 11 is 0. The van der Waals surface area contributed by atoms with Crippen LogP contribution in [-0.2, 0) is 13.5 Å². The first-order valence-electron chi connectivity index (χ1n) is 10.0. The number of nitrogens with one attached hydrogen (secondary N) is 1. The predicted molar refractivity (Wildman–Crippen MR) is 116 cm³/mol. The fraction of sp³-hybridized carbons (Fsp3) is 0.348. The van der Waals surface area contributed by atoms with Crippen LogP contribution in [0.5, 0.6) is 0 Å². The summed E-state index contributed by atoms with van der Waals surface area (Å²) in [7, 11) is 1.86. The van der Waals surface area contributed by atoms with Crippen molar-refractivity contribution in [2.45, 2.75) is 40.2 Å². The van der Waals surface area contributed by atoms with Crippen LogP contribution in [0.3, 0.4) is 0 Å². The Hall–Kier alpha value is -3.15. The van der Waals surface area contributed by atoms with Gasteiger partial charge in [0.2, 0.25) is 0 Å². The van der Waals surface area contributed by atoms with E-state index in [-0.39, 0.29) is 5.91 Å². The van der Waals surface area contributed by atoms with Crippen molar-refractivity contribution in [3.05, 3.63) is 59.0 Å². The first-order valence-corrected chi connectivity index (χ1v) is 10.0. The number of pyridine rings is 1. The molecule has 1 amide bonds. The van der Waals surface area contributed by atoms with Crippen molar-refractivity contribution in [2.75, 3.05) is 6.54 Å². The zero-order valence-electron chi connectivity index (χ0n) is 17.7. The molecule has 4 rings (SSSR count). The number of nitrogens with zero attached hydrogens (tertiary/aromatic N) is 4. The molecule has 0 saturated heterocycles. The number of para-hydroxylation sites is 1. The second kappa shape index (κ2) is 7.35. The van der Waals surface area contributed by atoms with Crippen LogP contribution in [0.15, 0.2) is 36.5 Å². The van der Waals surface area contributed by atoms with Crippen molar-refractivity contribution in [3.63, 3.8) is 0 Å². The lowest BCUT2D eigenvalue weighted by molar-refractivity contribution is 0.0955. The maximum atomic E-state index is 13.0. The topological polar surface area (TPSA) is 64.7 Å². The van der Waals surface area contributed by atoms with E-state index in [1.807, 2.05) is 27.0 Å². The van der Waals surface area contributed by atoms with Crippen LogP contribution in [0.4, 0.5) is 0 Å². The van der Waals surface area contributed by atoms with Gasteiger partial charge in [0.25, 0.3) is 5.91 Å². The van der Waals surface area contributed by atoms with Crippen LogP contribution in [-0.4, -0.2) is 31.8 Å². The van der Waals surface area contributed by atoms with E-state index in [2.05, 4.69) is 64.3 Å². The zero-order valence-corrected chi connectivity index (χ0v) is 17.7. The lowest BCUT2D eigenvalue weighted by Gasteiger charge is -2.08. The highest BCUT2D eigenvalue weighted by Crippen LogP contribution is 2.25. The summed E-state index contributed by atoms with van der Waals surface area (Å²) in [6.45, 7) is 8.76. The highest BCUT2D eigenvalue weighted by Gasteiger charge is 2.18. The molecule has 6 nitrogen and oxygen atoms in total. The largest absolute Gasteiger partial charge is 0.352 e. The average molecular weight is 390 g/mol. The summed E-state index contributed by atoms with van der Waals surface area (Å²) in [6.07, 6.45) is 2.99. The Kier molecular flexibility index (Phi) is 4.86. The Morgan fingerprint density at radius 3 is 2.72 bits per heavy atom. The van der Waals surface area contributed by atoms with E-state index < -0.39 is 0 Å². The van der Waals surface area contributed by atoms with Gasteiger partial charge in [-0.25, -0.2) is 4.98 Å². The van der Waals surface area contributed by atoms with Crippen LogP contribution < -0.4 is 5.32 Å². The molecule has 0 bridgehead atoms. The molecular weight excluding hydrogens is 362 g/mol. The molecule has 150 valence electrons. The minimum atomic E-state index is -0.0794. The van der Waals surface area contributed by atoms with E-state index in [9.17, 15) is 4.79 Å². The number of benzene rings is 1. The van der Waals surface area contributed by atoms with E-state index in [1.165, 1.54) is 16.5 Å². The Morgan fingerprint density at radius 2 is 1.97 bits per heavy atom. The van der Waals surface area contributed by atoms with Gasteiger partial charge in [-0.05, 0) is 51.8 Å².